The lowest BCUT2D eigenvalue weighted by atomic mass is 10.1. The van der Waals surface area contributed by atoms with Gasteiger partial charge in [-0.15, -0.1) is 0 Å². The maximum absolute atomic E-state index is 9.49. The second-order valence-electron chi connectivity index (χ2n) is 3.08. The molecule has 0 bridgehead atoms. The highest BCUT2D eigenvalue weighted by Gasteiger charge is 2.10. The Bertz CT molecular complexity index is 444. The van der Waals surface area contributed by atoms with E-state index in [-0.39, 0.29) is 11.5 Å². The molecule has 2 aromatic rings. The summed E-state index contributed by atoms with van der Waals surface area (Å²) >= 11 is 0. The van der Waals surface area contributed by atoms with Crippen LogP contribution in [-0.2, 0) is 0 Å². The Morgan fingerprint density at radius 1 is 1.14 bits per heavy atom. The minimum absolute atomic E-state index is 0.0982. The van der Waals surface area contributed by atoms with Crippen molar-refractivity contribution in [1.82, 2.24) is 0 Å². The Hall–Kier alpha value is -1.90. The molecule has 0 aliphatic carbocycles. The summed E-state index contributed by atoms with van der Waals surface area (Å²) in [6, 6.07) is 6.74. The zero-order chi connectivity index (χ0) is 10.1. The molecule has 0 atom stereocenters. The smallest absolute Gasteiger partial charge is 0.161 e. The molecule has 1 aromatic heterocycles. The molecule has 1 aromatic carbocycles. The molecule has 3 heteroatoms. The highest BCUT2D eigenvalue weighted by Crippen LogP contribution is 2.35. The summed E-state index contributed by atoms with van der Waals surface area (Å²) in [7, 11) is 0. The lowest BCUT2D eigenvalue weighted by Crippen LogP contribution is -1.82. The van der Waals surface area contributed by atoms with Crippen molar-refractivity contribution in [3.63, 3.8) is 0 Å². The van der Waals surface area contributed by atoms with Gasteiger partial charge < -0.3 is 14.6 Å². The van der Waals surface area contributed by atoms with Crippen LogP contribution in [0.2, 0.25) is 0 Å². The van der Waals surface area contributed by atoms with Gasteiger partial charge in [0, 0.05) is 11.1 Å². The van der Waals surface area contributed by atoms with E-state index in [2.05, 4.69) is 0 Å². The molecule has 72 valence electrons. The first-order chi connectivity index (χ1) is 6.70. The van der Waals surface area contributed by atoms with Crippen molar-refractivity contribution >= 4 is 0 Å². The standard InChI is InChI=1S/C11H10O3/c1-7-8(10-3-2-6-14-10)4-5-9(12)11(7)13/h2-6,12-13H,1H3. The zero-order valence-electron chi connectivity index (χ0n) is 7.69. The van der Waals surface area contributed by atoms with Gasteiger partial charge in [0.2, 0.25) is 0 Å². The Morgan fingerprint density at radius 3 is 2.57 bits per heavy atom. The Labute approximate surface area is 81.2 Å². The monoisotopic (exact) mass is 190 g/mol. The highest BCUT2D eigenvalue weighted by molar-refractivity contribution is 5.67. The second-order valence-corrected chi connectivity index (χ2v) is 3.08. The fraction of sp³-hybridized carbons (Fsp3) is 0.0909. The van der Waals surface area contributed by atoms with Gasteiger partial charge in [0.25, 0.3) is 0 Å². The number of benzene rings is 1. The maximum atomic E-state index is 9.49. The van der Waals surface area contributed by atoms with Gasteiger partial charge in [-0.1, -0.05) is 0 Å². The minimum Gasteiger partial charge on any atom is -0.504 e. The molecule has 0 saturated carbocycles. The van der Waals surface area contributed by atoms with Crippen LogP contribution < -0.4 is 0 Å². The third kappa shape index (κ3) is 1.23. The van der Waals surface area contributed by atoms with Gasteiger partial charge in [0.1, 0.15) is 5.76 Å². The fourth-order valence-corrected chi connectivity index (χ4v) is 1.38. The average molecular weight is 190 g/mol. The van der Waals surface area contributed by atoms with Crippen LogP contribution in [0.25, 0.3) is 11.3 Å². The molecule has 0 saturated heterocycles. The van der Waals surface area contributed by atoms with E-state index < -0.39 is 0 Å². The summed E-state index contributed by atoms with van der Waals surface area (Å²) in [6.45, 7) is 1.73. The SMILES string of the molecule is Cc1c(-c2ccco2)ccc(O)c1O. The van der Waals surface area contributed by atoms with Crippen molar-refractivity contribution in [2.75, 3.05) is 0 Å². The van der Waals surface area contributed by atoms with Crippen LogP contribution in [0, 0.1) is 6.92 Å². The summed E-state index contributed by atoms with van der Waals surface area (Å²) in [6.07, 6.45) is 1.57. The van der Waals surface area contributed by atoms with E-state index in [1.54, 1.807) is 31.4 Å². The van der Waals surface area contributed by atoms with Gasteiger partial charge in [-0.2, -0.15) is 0 Å². The summed E-state index contributed by atoms with van der Waals surface area (Å²) in [5.74, 6) is 0.467. The molecule has 0 radical (unpaired) electrons. The van der Waals surface area contributed by atoms with Crippen molar-refractivity contribution in [3.8, 4) is 22.8 Å². The number of rotatable bonds is 1. The van der Waals surface area contributed by atoms with Crippen LogP contribution in [0.15, 0.2) is 34.9 Å². The quantitative estimate of drug-likeness (QED) is 0.679. The average Bonchev–Trinajstić information content (AvgIpc) is 2.67. The Kier molecular flexibility index (Phi) is 1.93. The fourth-order valence-electron chi connectivity index (χ4n) is 1.38. The summed E-state index contributed by atoms with van der Waals surface area (Å²) in [4.78, 5) is 0. The molecule has 0 spiro atoms. The molecular formula is C11H10O3. The van der Waals surface area contributed by atoms with E-state index >= 15 is 0 Å². The second kappa shape index (κ2) is 3.10. The molecule has 3 nitrogen and oxygen atoms in total. The van der Waals surface area contributed by atoms with Crippen LogP contribution in [0.1, 0.15) is 5.56 Å². The molecule has 1 heterocycles. The first-order valence-corrected chi connectivity index (χ1v) is 4.25. The number of hydrogen-bond acceptors (Lipinski definition) is 3. The first-order valence-electron chi connectivity index (χ1n) is 4.25. The van der Waals surface area contributed by atoms with Gasteiger partial charge in [-0.25, -0.2) is 0 Å². The van der Waals surface area contributed by atoms with E-state index in [9.17, 15) is 10.2 Å². The number of phenolic OH excluding ortho intramolecular Hbond substituents is 2. The van der Waals surface area contributed by atoms with Crippen LogP contribution in [-0.4, -0.2) is 10.2 Å². The molecule has 0 unspecified atom stereocenters. The van der Waals surface area contributed by atoms with Gasteiger partial charge in [-0.05, 0) is 31.2 Å². The number of furan rings is 1. The van der Waals surface area contributed by atoms with Gasteiger partial charge in [0.15, 0.2) is 11.5 Å². The van der Waals surface area contributed by atoms with E-state index in [0.29, 0.717) is 11.3 Å². The normalized spacial score (nSPS) is 10.4. The molecule has 0 amide bonds. The zero-order valence-corrected chi connectivity index (χ0v) is 7.69. The number of aromatic hydroxyl groups is 2. The van der Waals surface area contributed by atoms with Crippen LogP contribution in [0.3, 0.4) is 0 Å². The molecule has 0 fully saturated rings. The molecule has 0 aliphatic heterocycles. The van der Waals surface area contributed by atoms with Crippen LogP contribution in [0.4, 0.5) is 0 Å². The van der Waals surface area contributed by atoms with Gasteiger partial charge in [0.05, 0.1) is 6.26 Å². The van der Waals surface area contributed by atoms with E-state index in [1.165, 1.54) is 6.07 Å². The Balaban J connectivity index is 2.61. The summed E-state index contributed by atoms with van der Waals surface area (Å²) in [5, 5.41) is 18.7. The summed E-state index contributed by atoms with van der Waals surface area (Å²) in [5.41, 5.74) is 1.39. The van der Waals surface area contributed by atoms with E-state index in [0.717, 1.165) is 5.56 Å². The number of phenols is 2. The molecule has 2 N–H and O–H groups in total. The van der Waals surface area contributed by atoms with E-state index in [1.807, 2.05) is 0 Å². The predicted octanol–water partition coefficient (Wildman–Crippen LogP) is 2.67. The van der Waals surface area contributed by atoms with Crippen molar-refractivity contribution in [3.05, 3.63) is 36.1 Å². The van der Waals surface area contributed by atoms with Crippen molar-refractivity contribution in [2.45, 2.75) is 6.92 Å². The third-order valence-corrected chi connectivity index (χ3v) is 2.20. The van der Waals surface area contributed by atoms with Crippen molar-refractivity contribution < 1.29 is 14.6 Å². The molecule has 0 aliphatic rings. The van der Waals surface area contributed by atoms with Crippen molar-refractivity contribution in [2.24, 2.45) is 0 Å². The predicted molar refractivity (Wildman–Crippen MR) is 52.2 cm³/mol. The third-order valence-electron chi connectivity index (χ3n) is 2.20. The van der Waals surface area contributed by atoms with Crippen LogP contribution >= 0.6 is 0 Å². The lowest BCUT2D eigenvalue weighted by Gasteiger charge is -2.06. The van der Waals surface area contributed by atoms with E-state index in [4.69, 9.17) is 4.42 Å². The van der Waals surface area contributed by atoms with Gasteiger partial charge in [-0.3, -0.25) is 0 Å². The molecular weight excluding hydrogens is 180 g/mol. The Morgan fingerprint density at radius 2 is 1.93 bits per heavy atom. The maximum Gasteiger partial charge on any atom is 0.161 e. The number of hydrogen-bond donors (Lipinski definition) is 2. The lowest BCUT2D eigenvalue weighted by molar-refractivity contribution is 0.401. The molecule has 2 rings (SSSR count). The van der Waals surface area contributed by atoms with Gasteiger partial charge >= 0.3 is 0 Å². The first kappa shape index (κ1) is 8.69. The minimum atomic E-state index is -0.113. The summed E-state index contributed by atoms with van der Waals surface area (Å²) < 4.78 is 5.20. The largest absolute Gasteiger partial charge is 0.504 e. The van der Waals surface area contributed by atoms with Crippen molar-refractivity contribution in [1.29, 1.82) is 0 Å². The van der Waals surface area contributed by atoms with Crippen LogP contribution in [0.5, 0.6) is 11.5 Å². The topological polar surface area (TPSA) is 53.6 Å². The molecule has 14 heavy (non-hydrogen) atoms. The highest BCUT2D eigenvalue weighted by atomic mass is 16.3.